The molecule has 0 spiro atoms. The number of aryl methyl sites for hydroxylation is 1. The van der Waals surface area contributed by atoms with E-state index in [1.807, 2.05) is 30.9 Å². The maximum absolute atomic E-state index is 13.5. The SMILES string of the molecule is CC/C=C(/C)C(=O)N1CCC(C(=O)NCc2ccc(C)c(F)c2)CC1. The summed E-state index contributed by atoms with van der Waals surface area (Å²) in [5.41, 5.74) is 2.12. The fourth-order valence-electron chi connectivity index (χ4n) is 3.07. The number of halogens is 1. The molecule has 0 atom stereocenters. The minimum atomic E-state index is -0.255. The Morgan fingerprint density at radius 1 is 1.32 bits per heavy atom. The summed E-state index contributed by atoms with van der Waals surface area (Å²) in [5.74, 6) is -0.298. The number of allylic oxidation sites excluding steroid dienone is 1. The van der Waals surface area contributed by atoms with Crippen LogP contribution in [0.2, 0.25) is 0 Å². The van der Waals surface area contributed by atoms with E-state index in [2.05, 4.69) is 5.32 Å². The minimum absolute atomic E-state index is 0.0195. The van der Waals surface area contributed by atoms with Crippen LogP contribution >= 0.6 is 0 Å². The molecule has 0 aromatic heterocycles. The quantitative estimate of drug-likeness (QED) is 0.831. The van der Waals surface area contributed by atoms with Gasteiger partial charge in [0.05, 0.1) is 0 Å². The second kappa shape index (κ2) is 8.79. The van der Waals surface area contributed by atoms with Crippen LogP contribution in [0.3, 0.4) is 0 Å². The Kier molecular flexibility index (Phi) is 6.73. The van der Waals surface area contributed by atoms with E-state index < -0.39 is 0 Å². The van der Waals surface area contributed by atoms with E-state index in [1.54, 1.807) is 13.0 Å². The number of benzene rings is 1. The van der Waals surface area contributed by atoms with Crippen LogP contribution in [0.4, 0.5) is 4.39 Å². The molecule has 1 aliphatic rings. The van der Waals surface area contributed by atoms with Gasteiger partial charge < -0.3 is 10.2 Å². The van der Waals surface area contributed by atoms with Gasteiger partial charge in [0, 0.05) is 31.1 Å². The molecule has 1 N–H and O–H groups in total. The molecule has 4 nitrogen and oxygen atoms in total. The fourth-order valence-corrected chi connectivity index (χ4v) is 3.07. The zero-order valence-electron chi connectivity index (χ0n) is 15.3. The van der Waals surface area contributed by atoms with Crippen molar-refractivity contribution in [2.45, 2.75) is 46.6 Å². The molecule has 1 aromatic rings. The Morgan fingerprint density at radius 3 is 2.60 bits per heavy atom. The van der Waals surface area contributed by atoms with Gasteiger partial charge in [-0.05, 0) is 50.3 Å². The Bertz CT molecular complexity index is 662. The normalized spacial score (nSPS) is 16.0. The number of rotatable bonds is 5. The lowest BCUT2D eigenvalue weighted by Gasteiger charge is -2.31. The van der Waals surface area contributed by atoms with E-state index in [0.29, 0.717) is 38.0 Å². The van der Waals surface area contributed by atoms with E-state index >= 15 is 0 Å². The van der Waals surface area contributed by atoms with Crippen LogP contribution in [0.5, 0.6) is 0 Å². The maximum atomic E-state index is 13.5. The van der Waals surface area contributed by atoms with Crippen molar-refractivity contribution in [3.8, 4) is 0 Å². The summed E-state index contributed by atoms with van der Waals surface area (Å²) < 4.78 is 13.5. The van der Waals surface area contributed by atoms with Gasteiger partial charge >= 0.3 is 0 Å². The summed E-state index contributed by atoms with van der Waals surface area (Å²) in [6.45, 7) is 7.09. The standard InChI is InChI=1S/C20H27FN2O2/c1-4-5-15(3)20(25)23-10-8-17(9-11-23)19(24)22-13-16-7-6-14(2)18(21)12-16/h5-7,12,17H,4,8-11,13H2,1-3H3,(H,22,24)/b15-5-. The monoisotopic (exact) mass is 346 g/mol. The van der Waals surface area contributed by atoms with Gasteiger partial charge in [-0.3, -0.25) is 9.59 Å². The van der Waals surface area contributed by atoms with Gasteiger partial charge in [0.2, 0.25) is 11.8 Å². The lowest BCUT2D eigenvalue weighted by molar-refractivity contribution is -0.132. The average Bonchev–Trinajstić information content (AvgIpc) is 2.62. The highest BCUT2D eigenvalue weighted by molar-refractivity contribution is 5.93. The number of carbonyl (C=O) groups excluding carboxylic acids is 2. The number of nitrogens with zero attached hydrogens (tertiary/aromatic N) is 1. The molecular weight excluding hydrogens is 319 g/mol. The second-order valence-corrected chi connectivity index (χ2v) is 6.66. The van der Waals surface area contributed by atoms with Crippen LogP contribution in [0.15, 0.2) is 29.8 Å². The highest BCUT2D eigenvalue weighted by atomic mass is 19.1. The molecule has 1 heterocycles. The van der Waals surface area contributed by atoms with Crippen molar-refractivity contribution >= 4 is 11.8 Å². The topological polar surface area (TPSA) is 49.4 Å². The highest BCUT2D eigenvalue weighted by Gasteiger charge is 2.27. The van der Waals surface area contributed by atoms with Gasteiger partial charge in [-0.1, -0.05) is 25.1 Å². The Morgan fingerprint density at radius 2 is 2.00 bits per heavy atom. The number of hydrogen-bond acceptors (Lipinski definition) is 2. The molecule has 0 unspecified atom stereocenters. The predicted molar refractivity (Wildman–Crippen MR) is 96.3 cm³/mol. The smallest absolute Gasteiger partial charge is 0.249 e. The van der Waals surface area contributed by atoms with Crippen molar-refractivity contribution in [2.75, 3.05) is 13.1 Å². The van der Waals surface area contributed by atoms with Gasteiger partial charge in [0.15, 0.2) is 0 Å². The lowest BCUT2D eigenvalue weighted by Crippen LogP contribution is -2.43. The van der Waals surface area contributed by atoms with Crippen LogP contribution in [0.1, 0.15) is 44.2 Å². The van der Waals surface area contributed by atoms with Gasteiger partial charge in [-0.2, -0.15) is 0 Å². The number of hydrogen-bond donors (Lipinski definition) is 1. The fraction of sp³-hybridized carbons (Fsp3) is 0.500. The van der Waals surface area contributed by atoms with Crippen molar-refractivity contribution in [3.05, 3.63) is 46.8 Å². The van der Waals surface area contributed by atoms with E-state index in [-0.39, 0.29) is 23.5 Å². The van der Waals surface area contributed by atoms with Crippen LogP contribution in [0.25, 0.3) is 0 Å². The first-order chi connectivity index (χ1) is 11.9. The molecule has 1 aromatic carbocycles. The third kappa shape index (κ3) is 5.15. The Balaban J connectivity index is 1.82. The molecule has 0 saturated carbocycles. The molecule has 25 heavy (non-hydrogen) atoms. The number of likely N-dealkylation sites (tertiary alicyclic amines) is 1. The first-order valence-electron chi connectivity index (χ1n) is 8.91. The summed E-state index contributed by atoms with van der Waals surface area (Å²) >= 11 is 0. The number of piperidine rings is 1. The van der Waals surface area contributed by atoms with E-state index in [4.69, 9.17) is 0 Å². The minimum Gasteiger partial charge on any atom is -0.352 e. The third-order valence-electron chi connectivity index (χ3n) is 4.70. The highest BCUT2D eigenvalue weighted by Crippen LogP contribution is 2.19. The second-order valence-electron chi connectivity index (χ2n) is 6.66. The third-order valence-corrected chi connectivity index (χ3v) is 4.70. The van der Waals surface area contributed by atoms with Gasteiger partial charge in [0.25, 0.3) is 0 Å². The first kappa shape index (κ1) is 19.2. The van der Waals surface area contributed by atoms with E-state index in [1.165, 1.54) is 6.07 Å². The van der Waals surface area contributed by atoms with Crippen molar-refractivity contribution in [3.63, 3.8) is 0 Å². The molecule has 136 valence electrons. The number of amides is 2. The first-order valence-corrected chi connectivity index (χ1v) is 8.91. The zero-order valence-corrected chi connectivity index (χ0v) is 15.3. The molecule has 1 fully saturated rings. The molecule has 5 heteroatoms. The molecule has 0 bridgehead atoms. The summed E-state index contributed by atoms with van der Waals surface area (Å²) in [7, 11) is 0. The van der Waals surface area contributed by atoms with E-state index in [9.17, 15) is 14.0 Å². The molecule has 1 aliphatic heterocycles. The maximum Gasteiger partial charge on any atom is 0.249 e. The Hall–Kier alpha value is -2.17. The number of nitrogens with one attached hydrogen (secondary N) is 1. The molecular formula is C20H27FN2O2. The largest absolute Gasteiger partial charge is 0.352 e. The molecule has 0 radical (unpaired) electrons. The molecule has 2 amide bonds. The lowest BCUT2D eigenvalue weighted by atomic mass is 9.95. The summed E-state index contributed by atoms with van der Waals surface area (Å²) in [5, 5.41) is 2.88. The molecule has 1 saturated heterocycles. The molecule has 0 aliphatic carbocycles. The number of carbonyl (C=O) groups is 2. The summed E-state index contributed by atoms with van der Waals surface area (Å²) in [6, 6.07) is 5.00. The molecule has 2 rings (SSSR count). The zero-order chi connectivity index (χ0) is 18.4. The van der Waals surface area contributed by atoms with Crippen LogP contribution in [-0.2, 0) is 16.1 Å². The van der Waals surface area contributed by atoms with Crippen molar-refractivity contribution in [1.82, 2.24) is 10.2 Å². The Labute approximate surface area is 149 Å². The van der Waals surface area contributed by atoms with Gasteiger partial charge in [0.1, 0.15) is 5.82 Å². The van der Waals surface area contributed by atoms with Gasteiger partial charge in [-0.15, -0.1) is 0 Å². The van der Waals surface area contributed by atoms with Crippen molar-refractivity contribution in [1.29, 1.82) is 0 Å². The van der Waals surface area contributed by atoms with Crippen molar-refractivity contribution < 1.29 is 14.0 Å². The summed E-state index contributed by atoms with van der Waals surface area (Å²) in [6.07, 6.45) is 4.11. The van der Waals surface area contributed by atoms with Crippen LogP contribution < -0.4 is 5.32 Å². The van der Waals surface area contributed by atoms with Crippen molar-refractivity contribution in [2.24, 2.45) is 5.92 Å². The predicted octanol–water partition coefficient (Wildman–Crippen LogP) is 3.35. The van der Waals surface area contributed by atoms with Crippen LogP contribution in [-0.4, -0.2) is 29.8 Å². The van der Waals surface area contributed by atoms with E-state index in [0.717, 1.165) is 17.6 Å². The van der Waals surface area contributed by atoms with Crippen LogP contribution in [0, 0.1) is 18.7 Å². The summed E-state index contributed by atoms with van der Waals surface area (Å²) in [4.78, 5) is 26.4. The average molecular weight is 346 g/mol. The van der Waals surface area contributed by atoms with Gasteiger partial charge in [-0.25, -0.2) is 4.39 Å².